The van der Waals surface area contributed by atoms with Gasteiger partial charge in [-0.15, -0.1) is 11.3 Å². The molecule has 2 aliphatic rings. The van der Waals surface area contributed by atoms with Gasteiger partial charge in [0.2, 0.25) is 0 Å². The topological polar surface area (TPSA) is 15.7 Å². The predicted octanol–water partition coefficient (Wildman–Crippen LogP) is 18.8. The van der Waals surface area contributed by atoms with Gasteiger partial charge in [-0.3, -0.25) is 0 Å². The Morgan fingerprint density at radius 2 is 0.775 bits per heavy atom. The molecule has 11 aromatic carbocycles. The van der Waals surface area contributed by atoms with Crippen molar-refractivity contribution in [3.63, 3.8) is 0 Å². The van der Waals surface area contributed by atoms with E-state index in [0.717, 1.165) is 67.9 Å². The summed E-state index contributed by atoms with van der Waals surface area (Å²) < 4.78 is 9.49. The maximum atomic E-state index is 6.90. The predicted molar refractivity (Wildman–Crippen MR) is 297 cm³/mol. The lowest BCUT2D eigenvalue weighted by Gasteiger charge is -2.39. The first-order valence-electron chi connectivity index (χ1n) is 24.2. The number of para-hydroxylation sites is 4. The molecule has 0 saturated carbocycles. The third kappa shape index (κ3) is 6.56. The average Bonchev–Trinajstić information content (AvgIpc) is 3.96. The zero-order chi connectivity index (χ0) is 46.9. The van der Waals surface area contributed by atoms with Gasteiger partial charge in [0.15, 0.2) is 0 Å². The van der Waals surface area contributed by atoms with E-state index in [1.54, 1.807) is 0 Å². The maximum Gasteiger partial charge on any atom is 0.132 e. The van der Waals surface area contributed by atoms with E-state index < -0.39 is 5.41 Å². The number of hydrogen-bond donors (Lipinski definition) is 0. The van der Waals surface area contributed by atoms with Crippen LogP contribution >= 0.6 is 11.3 Å². The van der Waals surface area contributed by atoms with Crippen molar-refractivity contribution < 1.29 is 4.74 Å². The summed E-state index contributed by atoms with van der Waals surface area (Å²) in [7, 11) is 0. The normalized spacial score (nSPS) is 12.7. The fourth-order valence-electron chi connectivity index (χ4n) is 11.4. The molecule has 0 N–H and O–H groups in total. The SMILES string of the molecule is c1ccc(N(c2ccccc2)c2ccc(N(c3ccc(-c4ccc5c(c4)Oc4ccccc4C54c5ccccc5-c5ccccc54)cc3)c3ccccc3-c3ccc4c(c3)sc3ccccc34)cc2)cc1. The molecular formula is C67H44N2OS. The molecule has 4 heteroatoms. The first kappa shape index (κ1) is 41.1. The highest BCUT2D eigenvalue weighted by atomic mass is 32.1. The van der Waals surface area contributed by atoms with Crippen LogP contribution in [0.15, 0.2) is 267 Å². The van der Waals surface area contributed by atoms with Crippen LogP contribution in [-0.2, 0) is 5.41 Å². The van der Waals surface area contributed by atoms with Gasteiger partial charge in [-0.1, -0.05) is 176 Å². The van der Waals surface area contributed by atoms with Gasteiger partial charge in [0.25, 0.3) is 0 Å². The molecule has 1 aliphatic heterocycles. The first-order chi connectivity index (χ1) is 35.2. The molecule has 0 saturated heterocycles. The van der Waals surface area contributed by atoms with Crippen molar-refractivity contribution in [3.05, 3.63) is 289 Å². The zero-order valence-corrected chi connectivity index (χ0v) is 39.4. The molecule has 0 unspecified atom stereocenters. The molecule has 0 bridgehead atoms. The Morgan fingerprint density at radius 3 is 1.46 bits per heavy atom. The molecule has 3 nitrogen and oxygen atoms in total. The quantitative estimate of drug-likeness (QED) is 0.151. The van der Waals surface area contributed by atoms with Crippen molar-refractivity contribution in [2.45, 2.75) is 5.41 Å². The Hall–Kier alpha value is -8.96. The van der Waals surface area contributed by atoms with Crippen LogP contribution in [0.2, 0.25) is 0 Å². The Morgan fingerprint density at radius 1 is 0.296 bits per heavy atom. The molecule has 2 heterocycles. The molecule has 0 radical (unpaired) electrons. The largest absolute Gasteiger partial charge is 0.457 e. The first-order valence-corrected chi connectivity index (χ1v) is 25.1. The summed E-state index contributed by atoms with van der Waals surface area (Å²) in [6.45, 7) is 0. The Labute approximate surface area is 417 Å². The van der Waals surface area contributed by atoms with Crippen LogP contribution in [-0.4, -0.2) is 0 Å². The highest BCUT2D eigenvalue weighted by Crippen LogP contribution is 2.62. The molecule has 71 heavy (non-hydrogen) atoms. The molecular weight excluding hydrogens is 881 g/mol. The van der Waals surface area contributed by atoms with E-state index in [9.17, 15) is 0 Å². The second kappa shape index (κ2) is 16.6. The minimum absolute atomic E-state index is 0.496. The number of benzene rings is 11. The number of anilines is 6. The highest BCUT2D eigenvalue weighted by molar-refractivity contribution is 7.25. The third-order valence-corrected chi connectivity index (χ3v) is 15.7. The summed E-state index contributed by atoms with van der Waals surface area (Å²) in [5.74, 6) is 1.77. The fourth-order valence-corrected chi connectivity index (χ4v) is 12.6. The lowest BCUT2D eigenvalue weighted by Crippen LogP contribution is -2.32. The number of thiophene rings is 1. The van der Waals surface area contributed by atoms with Crippen LogP contribution in [0.3, 0.4) is 0 Å². The molecule has 0 atom stereocenters. The number of hydrogen-bond acceptors (Lipinski definition) is 4. The Bertz CT molecular complexity index is 3890. The molecule has 1 aliphatic carbocycles. The summed E-state index contributed by atoms with van der Waals surface area (Å²) in [6, 6.07) is 96.8. The molecule has 12 aromatic rings. The highest BCUT2D eigenvalue weighted by Gasteiger charge is 2.50. The van der Waals surface area contributed by atoms with E-state index in [-0.39, 0.29) is 0 Å². The summed E-state index contributed by atoms with van der Waals surface area (Å²) in [4.78, 5) is 4.71. The molecule has 0 amide bonds. The molecule has 0 fully saturated rings. The van der Waals surface area contributed by atoms with E-state index in [1.165, 1.54) is 53.6 Å². The van der Waals surface area contributed by atoms with E-state index >= 15 is 0 Å². The smallest absolute Gasteiger partial charge is 0.132 e. The van der Waals surface area contributed by atoms with Crippen molar-refractivity contribution in [1.29, 1.82) is 0 Å². The zero-order valence-electron chi connectivity index (χ0n) is 38.6. The standard InChI is InChI=1S/C67H44N2OS/c1-3-17-48(18-4-1)68(49-19-5-2-6-20-49)50-37-39-52(40-38-50)69(62-28-14-9-21-53(62)47-33-41-57-56-24-10-16-30-65(56)71-66(57)44-47)51-35-31-45(32-36-51)46-34-42-61-64(43-46)70-63-29-15-13-27-60(63)67(61)58-25-11-7-22-54(58)55-23-8-12-26-59(55)67/h1-44H. The van der Waals surface area contributed by atoms with Gasteiger partial charge in [0, 0.05) is 65.3 Å². The van der Waals surface area contributed by atoms with Crippen molar-refractivity contribution in [3.8, 4) is 44.9 Å². The number of rotatable bonds is 8. The van der Waals surface area contributed by atoms with Crippen molar-refractivity contribution in [2.75, 3.05) is 9.80 Å². The third-order valence-electron chi connectivity index (χ3n) is 14.5. The van der Waals surface area contributed by atoms with Crippen molar-refractivity contribution in [2.24, 2.45) is 0 Å². The van der Waals surface area contributed by atoms with Crippen molar-refractivity contribution >= 4 is 65.6 Å². The second-order valence-corrected chi connectivity index (χ2v) is 19.5. The number of fused-ring (bicyclic) bond motifs is 12. The van der Waals surface area contributed by atoms with Crippen LogP contribution in [0.5, 0.6) is 11.5 Å². The molecule has 14 rings (SSSR count). The van der Waals surface area contributed by atoms with Gasteiger partial charge in [0.05, 0.1) is 11.1 Å². The molecule has 1 aromatic heterocycles. The lowest BCUT2D eigenvalue weighted by atomic mass is 9.66. The van der Waals surface area contributed by atoms with Gasteiger partial charge in [-0.05, 0) is 130 Å². The monoisotopic (exact) mass is 924 g/mol. The van der Waals surface area contributed by atoms with Gasteiger partial charge in [-0.2, -0.15) is 0 Å². The summed E-state index contributed by atoms with van der Waals surface area (Å²) >= 11 is 1.86. The Kier molecular flexibility index (Phi) is 9.61. The van der Waals surface area contributed by atoms with Crippen LogP contribution in [0.1, 0.15) is 22.3 Å². The Balaban J connectivity index is 0.887. The van der Waals surface area contributed by atoms with E-state index in [1.807, 2.05) is 11.3 Å². The van der Waals surface area contributed by atoms with E-state index in [2.05, 4.69) is 277 Å². The minimum atomic E-state index is -0.496. The van der Waals surface area contributed by atoms with Gasteiger partial charge < -0.3 is 14.5 Å². The maximum absolute atomic E-state index is 6.90. The molecule has 1 spiro atoms. The van der Waals surface area contributed by atoms with E-state index in [0.29, 0.717) is 0 Å². The summed E-state index contributed by atoms with van der Waals surface area (Å²) in [6.07, 6.45) is 0. The van der Waals surface area contributed by atoms with Crippen molar-refractivity contribution in [1.82, 2.24) is 0 Å². The average molecular weight is 925 g/mol. The van der Waals surface area contributed by atoms with Crippen LogP contribution in [0.25, 0.3) is 53.6 Å². The summed E-state index contributed by atoms with van der Waals surface area (Å²) in [5.41, 5.74) is 18.0. The van der Waals surface area contributed by atoms with Gasteiger partial charge in [-0.25, -0.2) is 0 Å². The lowest BCUT2D eigenvalue weighted by molar-refractivity contribution is 0.436. The van der Waals surface area contributed by atoms with Crippen LogP contribution in [0, 0.1) is 0 Å². The molecule has 334 valence electrons. The minimum Gasteiger partial charge on any atom is -0.457 e. The van der Waals surface area contributed by atoms with Crippen LogP contribution in [0.4, 0.5) is 34.1 Å². The second-order valence-electron chi connectivity index (χ2n) is 18.4. The number of nitrogens with zero attached hydrogens (tertiary/aromatic N) is 2. The summed E-state index contributed by atoms with van der Waals surface area (Å²) in [5, 5.41) is 2.60. The van der Waals surface area contributed by atoms with Gasteiger partial charge in [0.1, 0.15) is 11.5 Å². The van der Waals surface area contributed by atoms with Gasteiger partial charge >= 0.3 is 0 Å². The van der Waals surface area contributed by atoms with Crippen LogP contribution < -0.4 is 14.5 Å². The van der Waals surface area contributed by atoms with E-state index in [4.69, 9.17) is 4.74 Å². The fraction of sp³-hybridized carbons (Fsp3) is 0.0149. The number of ether oxygens (including phenoxy) is 1.